The van der Waals surface area contributed by atoms with Crippen LogP contribution in [0.25, 0.3) is 6.08 Å². The van der Waals surface area contributed by atoms with Crippen LogP contribution in [0.3, 0.4) is 0 Å². The topological polar surface area (TPSA) is 76.5 Å². The Bertz CT molecular complexity index is 493. The zero-order valence-corrected chi connectivity index (χ0v) is 10.1. The predicted octanol–water partition coefficient (Wildman–Crippen LogP) is 1.58. The number of rotatable bonds is 3. The molecule has 2 rings (SSSR count). The minimum absolute atomic E-state index is 0.249. The molecule has 6 heteroatoms. The summed E-state index contributed by atoms with van der Waals surface area (Å²) in [5.41, 5.74) is 6.27. The van der Waals surface area contributed by atoms with Gasteiger partial charge < -0.3 is 10.2 Å². The fraction of sp³-hybridized carbons (Fsp3) is 0.273. The molecule has 1 aliphatic heterocycles. The molecule has 17 heavy (non-hydrogen) atoms. The van der Waals surface area contributed by atoms with Crippen LogP contribution in [0, 0.1) is 6.92 Å². The smallest absolute Gasteiger partial charge is 0.293 e. The van der Waals surface area contributed by atoms with E-state index in [9.17, 15) is 9.59 Å². The Balaban J connectivity index is 2.25. The van der Waals surface area contributed by atoms with Gasteiger partial charge in [0.05, 0.1) is 11.2 Å². The lowest BCUT2D eigenvalue weighted by Crippen LogP contribution is -2.33. The molecule has 0 aliphatic carbocycles. The van der Waals surface area contributed by atoms with Crippen molar-refractivity contribution in [2.75, 3.05) is 13.1 Å². The Morgan fingerprint density at radius 1 is 1.53 bits per heavy atom. The molecule has 2 amide bonds. The molecule has 1 aromatic heterocycles. The van der Waals surface area contributed by atoms with Gasteiger partial charge in [0.1, 0.15) is 5.76 Å². The maximum atomic E-state index is 11.9. The lowest BCUT2D eigenvalue weighted by molar-refractivity contribution is -0.122. The molecule has 0 unspecified atom stereocenters. The van der Waals surface area contributed by atoms with Gasteiger partial charge in [0, 0.05) is 19.2 Å². The van der Waals surface area contributed by atoms with Crippen molar-refractivity contribution in [3.63, 3.8) is 0 Å². The number of amides is 2. The highest BCUT2D eigenvalue weighted by Gasteiger charge is 2.34. The third-order valence-electron chi connectivity index (χ3n) is 2.39. The van der Waals surface area contributed by atoms with E-state index in [4.69, 9.17) is 10.2 Å². The summed E-state index contributed by atoms with van der Waals surface area (Å²) >= 11 is 0.912. The summed E-state index contributed by atoms with van der Waals surface area (Å²) in [5, 5.41) is -0.282. The summed E-state index contributed by atoms with van der Waals surface area (Å²) in [6.07, 6.45) is 3.14. The minimum atomic E-state index is -0.304. The number of carbonyl (C=O) groups excluding carboxylic acids is 2. The summed E-state index contributed by atoms with van der Waals surface area (Å²) in [6, 6.07) is 1.80. The van der Waals surface area contributed by atoms with Crippen LogP contribution in [-0.4, -0.2) is 29.1 Å². The molecule has 0 radical (unpaired) electrons. The molecule has 0 spiro atoms. The van der Waals surface area contributed by atoms with Crippen molar-refractivity contribution in [1.82, 2.24) is 4.90 Å². The number of hydrogen-bond acceptors (Lipinski definition) is 5. The second-order valence-corrected chi connectivity index (χ2v) is 4.58. The lowest BCUT2D eigenvalue weighted by Gasteiger charge is -2.09. The van der Waals surface area contributed by atoms with Gasteiger partial charge in [-0.3, -0.25) is 14.5 Å². The molecule has 1 aromatic rings. The van der Waals surface area contributed by atoms with Crippen LogP contribution in [0.5, 0.6) is 0 Å². The van der Waals surface area contributed by atoms with Gasteiger partial charge in [-0.1, -0.05) is 0 Å². The van der Waals surface area contributed by atoms with Crippen LogP contribution in [0.1, 0.15) is 11.3 Å². The van der Waals surface area contributed by atoms with E-state index in [1.807, 2.05) is 6.92 Å². The fourth-order valence-electron chi connectivity index (χ4n) is 1.47. The Morgan fingerprint density at radius 3 is 2.88 bits per heavy atom. The highest BCUT2D eigenvalue weighted by molar-refractivity contribution is 8.18. The number of nitrogens with two attached hydrogens (primary N) is 1. The van der Waals surface area contributed by atoms with Crippen molar-refractivity contribution in [1.29, 1.82) is 0 Å². The Hall–Kier alpha value is -1.53. The highest BCUT2D eigenvalue weighted by atomic mass is 32.2. The molecule has 2 N–H and O–H groups in total. The third kappa shape index (κ3) is 2.27. The van der Waals surface area contributed by atoms with Crippen molar-refractivity contribution in [2.24, 2.45) is 5.73 Å². The van der Waals surface area contributed by atoms with Gasteiger partial charge in [-0.15, -0.1) is 0 Å². The Morgan fingerprint density at radius 2 is 2.29 bits per heavy atom. The van der Waals surface area contributed by atoms with Crippen molar-refractivity contribution in [2.45, 2.75) is 6.92 Å². The van der Waals surface area contributed by atoms with Crippen LogP contribution in [-0.2, 0) is 4.79 Å². The van der Waals surface area contributed by atoms with Gasteiger partial charge >= 0.3 is 0 Å². The molecular weight excluding hydrogens is 240 g/mol. The SMILES string of the molecule is Cc1ccoc1/C=C1/SC(=O)N(CCN)C1=O. The normalized spacial score (nSPS) is 18.5. The Labute approximate surface area is 103 Å². The van der Waals surface area contributed by atoms with E-state index < -0.39 is 0 Å². The summed E-state index contributed by atoms with van der Waals surface area (Å²) in [6.45, 7) is 2.39. The van der Waals surface area contributed by atoms with E-state index in [0.717, 1.165) is 22.2 Å². The first-order valence-electron chi connectivity index (χ1n) is 5.13. The van der Waals surface area contributed by atoms with Gasteiger partial charge in [0.15, 0.2) is 0 Å². The standard InChI is InChI=1S/C11H12N2O3S/c1-7-2-5-16-8(7)6-9-10(14)13(4-3-12)11(15)17-9/h2,5-6H,3-4,12H2,1H3/b9-6+. The first-order valence-corrected chi connectivity index (χ1v) is 5.94. The molecule has 5 nitrogen and oxygen atoms in total. The zero-order valence-electron chi connectivity index (χ0n) is 9.30. The van der Waals surface area contributed by atoms with Crippen molar-refractivity contribution in [3.05, 3.63) is 28.6 Å². The second-order valence-electron chi connectivity index (χ2n) is 3.59. The van der Waals surface area contributed by atoms with Crippen LogP contribution in [0.4, 0.5) is 4.79 Å². The highest BCUT2D eigenvalue weighted by Crippen LogP contribution is 2.32. The first-order chi connectivity index (χ1) is 8.13. The van der Waals surface area contributed by atoms with Crippen molar-refractivity contribution in [3.8, 4) is 0 Å². The van der Waals surface area contributed by atoms with E-state index >= 15 is 0 Å². The van der Waals surface area contributed by atoms with E-state index in [2.05, 4.69) is 0 Å². The first kappa shape index (κ1) is 11.9. The molecule has 0 bridgehead atoms. The molecule has 0 aromatic carbocycles. The molecule has 1 fully saturated rings. The summed E-state index contributed by atoms with van der Waals surface area (Å²) < 4.78 is 5.21. The van der Waals surface area contributed by atoms with E-state index in [-0.39, 0.29) is 24.2 Å². The largest absolute Gasteiger partial charge is 0.465 e. The fourth-order valence-corrected chi connectivity index (χ4v) is 2.31. The van der Waals surface area contributed by atoms with Crippen LogP contribution in [0.2, 0.25) is 0 Å². The summed E-state index contributed by atoms with van der Waals surface area (Å²) in [5.74, 6) is 0.296. The zero-order chi connectivity index (χ0) is 12.4. The Kier molecular flexibility index (Phi) is 3.35. The molecule has 0 saturated carbocycles. The summed E-state index contributed by atoms with van der Waals surface area (Å²) in [4.78, 5) is 24.9. The van der Waals surface area contributed by atoms with Gasteiger partial charge in [0.25, 0.3) is 11.1 Å². The number of aryl methyl sites for hydroxylation is 1. The molecule has 2 heterocycles. The predicted molar refractivity (Wildman–Crippen MR) is 65.2 cm³/mol. The van der Waals surface area contributed by atoms with E-state index in [0.29, 0.717) is 10.7 Å². The maximum Gasteiger partial charge on any atom is 0.293 e. The quantitative estimate of drug-likeness (QED) is 0.826. The lowest BCUT2D eigenvalue weighted by atomic mass is 10.2. The average molecular weight is 252 g/mol. The number of imide groups is 1. The van der Waals surface area contributed by atoms with Crippen molar-refractivity contribution >= 4 is 29.0 Å². The van der Waals surface area contributed by atoms with Gasteiger partial charge in [-0.05, 0) is 30.3 Å². The maximum absolute atomic E-state index is 11.9. The molecule has 90 valence electrons. The monoisotopic (exact) mass is 252 g/mol. The number of furan rings is 1. The molecular formula is C11H12N2O3S. The van der Waals surface area contributed by atoms with Crippen molar-refractivity contribution < 1.29 is 14.0 Å². The van der Waals surface area contributed by atoms with Crippen LogP contribution in [0.15, 0.2) is 21.7 Å². The third-order valence-corrected chi connectivity index (χ3v) is 3.30. The molecule has 0 atom stereocenters. The van der Waals surface area contributed by atoms with Gasteiger partial charge in [-0.25, -0.2) is 0 Å². The summed E-state index contributed by atoms with van der Waals surface area (Å²) in [7, 11) is 0. The molecule has 1 aliphatic rings. The number of carbonyl (C=O) groups is 2. The van der Waals surface area contributed by atoms with Crippen LogP contribution < -0.4 is 5.73 Å². The number of thioether (sulfide) groups is 1. The van der Waals surface area contributed by atoms with E-state index in [1.54, 1.807) is 18.4 Å². The second kappa shape index (κ2) is 4.77. The number of nitrogens with zero attached hydrogens (tertiary/aromatic N) is 1. The van der Waals surface area contributed by atoms with Gasteiger partial charge in [0.2, 0.25) is 0 Å². The van der Waals surface area contributed by atoms with E-state index in [1.165, 1.54) is 0 Å². The van der Waals surface area contributed by atoms with Crippen LogP contribution >= 0.6 is 11.8 Å². The van der Waals surface area contributed by atoms with Gasteiger partial charge in [-0.2, -0.15) is 0 Å². The number of hydrogen-bond donors (Lipinski definition) is 1. The minimum Gasteiger partial charge on any atom is -0.465 e. The average Bonchev–Trinajstić information content (AvgIpc) is 2.79. The molecule has 1 saturated heterocycles.